The van der Waals surface area contributed by atoms with Crippen molar-refractivity contribution in [1.82, 2.24) is 10.3 Å². The summed E-state index contributed by atoms with van der Waals surface area (Å²) in [6.07, 6.45) is 1.69. The zero-order chi connectivity index (χ0) is 16.8. The molecule has 120 valence electrons. The quantitative estimate of drug-likeness (QED) is 0.806. The fourth-order valence-electron chi connectivity index (χ4n) is 1.59. The fraction of sp³-hybridized carbons (Fsp3) is 0.133. The van der Waals surface area contributed by atoms with E-state index in [-0.39, 0.29) is 11.7 Å². The minimum Gasteiger partial charge on any atom is -0.482 e. The molecular formula is C15H13Cl2N3O2S. The van der Waals surface area contributed by atoms with Gasteiger partial charge in [-0.3, -0.25) is 10.1 Å². The van der Waals surface area contributed by atoms with Gasteiger partial charge in [0.05, 0.1) is 5.02 Å². The number of nitrogens with zero attached hydrogens (tertiary/aromatic N) is 1. The van der Waals surface area contributed by atoms with Crippen molar-refractivity contribution >= 4 is 52.3 Å². The van der Waals surface area contributed by atoms with Crippen LogP contribution in [0.4, 0.5) is 5.82 Å². The number of rotatable bonds is 4. The zero-order valence-corrected chi connectivity index (χ0v) is 14.4. The molecule has 23 heavy (non-hydrogen) atoms. The normalized spacial score (nSPS) is 10.0. The highest BCUT2D eigenvalue weighted by Crippen LogP contribution is 2.27. The van der Waals surface area contributed by atoms with Gasteiger partial charge in [0.2, 0.25) is 0 Å². The summed E-state index contributed by atoms with van der Waals surface area (Å²) < 4.78 is 5.31. The third-order valence-electron chi connectivity index (χ3n) is 2.66. The molecule has 0 aliphatic rings. The van der Waals surface area contributed by atoms with Crippen LogP contribution in [0.5, 0.6) is 5.75 Å². The molecule has 0 unspecified atom stereocenters. The summed E-state index contributed by atoms with van der Waals surface area (Å²) in [4.78, 5) is 15.9. The van der Waals surface area contributed by atoms with Gasteiger partial charge in [0.15, 0.2) is 11.7 Å². The monoisotopic (exact) mass is 369 g/mol. The third kappa shape index (κ3) is 5.67. The van der Waals surface area contributed by atoms with Gasteiger partial charge >= 0.3 is 0 Å². The Morgan fingerprint density at radius 1 is 1.30 bits per heavy atom. The first-order valence-corrected chi connectivity index (χ1v) is 7.72. The summed E-state index contributed by atoms with van der Waals surface area (Å²) in [5, 5.41) is 6.25. The summed E-state index contributed by atoms with van der Waals surface area (Å²) >= 11 is 16.8. The van der Waals surface area contributed by atoms with Gasteiger partial charge in [-0.15, -0.1) is 0 Å². The Bertz CT molecular complexity index is 723. The van der Waals surface area contributed by atoms with E-state index in [1.165, 1.54) is 6.07 Å². The number of thiocarbonyl (C=S) groups is 1. The first-order valence-electron chi connectivity index (χ1n) is 6.55. The second-order valence-corrected chi connectivity index (χ2v) is 5.84. The van der Waals surface area contributed by atoms with Crippen LogP contribution in [-0.4, -0.2) is 22.6 Å². The van der Waals surface area contributed by atoms with Crippen molar-refractivity contribution in [3.05, 3.63) is 52.1 Å². The van der Waals surface area contributed by atoms with E-state index in [9.17, 15) is 4.79 Å². The maximum Gasteiger partial charge on any atom is 0.264 e. The van der Waals surface area contributed by atoms with Gasteiger partial charge in [-0.25, -0.2) is 4.98 Å². The van der Waals surface area contributed by atoms with Gasteiger partial charge in [0.25, 0.3) is 5.91 Å². The first-order chi connectivity index (χ1) is 10.9. The predicted molar refractivity (Wildman–Crippen MR) is 95.3 cm³/mol. The van der Waals surface area contributed by atoms with Crippen molar-refractivity contribution < 1.29 is 9.53 Å². The molecule has 1 aromatic carbocycles. The standard InChI is InChI=1S/C15H13Cl2N3O2S/c1-9-2-5-13(18-7-9)19-15(23)20-14(21)8-22-12-4-3-10(16)6-11(12)17/h2-7H,8H2,1H3,(H2,18,19,20,21,23). The molecule has 0 saturated carbocycles. The lowest BCUT2D eigenvalue weighted by atomic mass is 10.3. The number of pyridine rings is 1. The molecule has 1 amide bonds. The summed E-state index contributed by atoms with van der Waals surface area (Å²) in [6, 6.07) is 8.38. The topological polar surface area (TPSA) is 63.2 Å². The lowest BCUT2D eigenvalue weighted by Gasteiger charge is -2.10. The van der Waals surface area contributed by atoms with Crippen LogP contribution in [0.25, 0.3) is 0 Å². The van der Waals surface area contributed by atoms with Crippen LogP contribution in [0.2, 0.25) is 10.0 Å². The van der Waals surface area contributed by atoms with Gasteiger partial charge in [-0.2, -0.15) is 0 Å². The maximum atomic E-state index is 11.8. The lowest BCUT2D eigenvalue weighted by Crippen LogP contribution is -2.37. The smallest absolute Gasteiger partial charge is 0.264 e. The van der Waals surface area contributed by atoms with E-state index in [2.05, 4.69) is 15.6 Å². The molecule has 0 spiro atoms. The average Bonchev–Trinajstić information content (AvgIpc) is 2.48. The average molecular weight is 370 g/mol. The van der Waals surface area contributed by atoms with Crippen molar-refractivity contribution in [1.29, 1.82) is 0 Å². The minimum atomic E-state index is -0.416. The number of anilines is 1. The number of aromatic nitrogens is 1. The summed E-state index contributed by atoms with van der Waals surface area (Å²) in [6.45, 7) is 1.70. The number of carbonyl (C=O) groups excluding carboxylic acids is 1. The molecule has 8 heteroatoms. The summed E-state index contributed by atoms with van der Waals surface area (Å²) in [7, 11) is 0. The Morgan fingerprint density at radius 3 is 2.74 bits per heavy atom. The van der Waals surface area contributed by atoms with E-state index in [1.54, 1.807) is 24.4 Å². The highest BCUT2D eigenvalue weighted by Gasteiger charge is 2.08. The van der Waals surface area contributed by atoms with Crippen LogP contribution >= 0.6 is 35.4 Å². The Labute approximate surface area is 149 Å². The van der Waals surface area contributed by atoms with Gasteiger partial charge in [0.1, 0.15) is 11.6 Å². The molecule has 0 saturated heterocycles. The molecule has 0 fully saturated rings. The minimum absolute atomic E-state index is 0.136. The highest BCUT2D eigenvalue weighted by atomic mass is 35.5. The molecule has 0 aliphatic carbocycles. The van der Waals surface area contributed by atoms with Crippen molar-refractivity contribution in [3.63, 3.8) is 0 Å². The molecule has 2 aromatic rings. The largest absolute Gasteiger partial charge is 0.482 e. The van der Waals surface area contributed by atoms with Crippen molar-refractivity contribution in [2.24, 2.45) is 0 Å². The summed E-state index contributed by atoms with van der Waals surface area (Å²) in [5.41, 5.74) is 1.03. The van der Waals surface area contributed by atoms with Crippen LogP contribution < -0.4 is 15.4 Å². The van der Waals surface area contributed by atoms with E-state index < -0.39 is 5.91 Å². The Balaban J connectivity index is 1.82. The van der Waals surface area contributed by atoms with Crippen molar-refractivity contribution in [2.75, 3.05) is 11.9 Å². The molecule has 0 aliphatic heterocycles. The van der Waals surface area contributed by atoms with Gasteiger partial charge in [-0.05, 0) is 49.0 Å². The number of hydrogen-bond acceptors (Lipinski definition) is 4. The van der Waals surface area contributed by atoms with Crippen LogP contribution in [-0.2, 0) is 4.79 Å². The third-order valence-corrected chi connectivity index (χ3v) is 3.39. The predicted octanol–water partition coefficient (Wildman–Crippen LogP) is 3.59. The fourth-order valence-corrected chi connectivity index (χ4v) is 2.27. The first kappa shape index (κ1) is 17.5. The van der Waals surface area contributed by atoms with Gasteiger partial charge in [-0.1, -0.05) is 29.3 Å². The number of ether oxygens (including phenoxy) is 1. The van der Waals surface area contributed by atoms with Crippen molar-refractivity contribution in [2.45, 2.75) is 6.92 Å². The van der Waals surface area contributed by atoms with Crippen LogP contribution in [0, 0.1) is 6.92 Å². The Kier molecular flexibility index (Phi) is 6.15. The number of benzene rings is 1. The molecule has 5 nitrogen and oxygen atoms in total. The van der Waals surface area contributed by atoms with E-state index in [4.69, 9.17) is 40.2 Å². The van der Waals surface area contributed by atoms with Gasteiger partial charge in [0, 0.05) is 11.2 Å². The Morgan fingerprint density at radius 2 is 2.09 bits per heavy atom. The van der Waals surface area contributed by atoms with Crippen molar-refractivity contribution in [3.8, 4) is 5.75 Å². The molecule has 0 bridgehead atoms. The second-order valence-electron chi connectivity index (χ2n) is 4.59. The molecule has 2 N–H and O–H groups in total. The number of carbonyl (C=O) groups is 1. The van der Waals surface area contributed by atoms with Crippen LogP contribution in [0.3, 0.4) is 0 Å². The highest BCUT2D eigenvalue weighted by molar-refractivity contribution is 7.80. The molecule has 1 aromatic heterocycles. The van der Waals surface area contributed by atoms with E-state index in [0.717, 1.165) is 5.56 Å². The molecule has 2 rings (SSSR count). The van der Waals surface area contributed by atoms with E-state index >= 15 is 0 Å². The second kappa shape index (κ2) is 8.10. The molecule has 1 heterocycles. The maximum absolute atomic E-state index is 11.8. The zero-order valence-electron chi connectivity index (χ0n) is 12.1. The van der Waals surface area contributed by atoms with Crippen LogP contribution in [0.15, 0.2) is 36.5 Å². The van der Waals surface area contributed by atoms with E-state index in [1.807, 2.05) is 13.0 Å². The molecule has 0 atom stereocenters. The summed E-state index contributed by atoms with van der Waals surface area (Å²) in [5.74, 6) is 0.494. The molecular weight excluding hydrogens is 357 g/mol. The lowest BCUT2D eigenvalue weighted by molar-refractivity contribution is -0.121. The molecule has 0 radical (unpaired) electrons. The number of nitrogens with one attached hydrogen (secondary N) is 2. The van der Waals surface area contributed by atoms with E-state index in [0.29, 0.717) is 21.6 Å². The number of hydrogen-bond donors (Lipinski definition) is 2. The SMILES string of the molecule is Cc1ccc(NC(=S)NC(=O)COc2ccc(Cl)cc2Cl)nc1. The van der Waals surface area contributed by atoms with Crippen LogP contribution in [0.1, 0.15) is 5.56 Å². The number of halogens is 2. The van der Waals surface area contributed by atoms with Gasteiger partial charge < -0.3 is 10.1 Å². The Hall–Kier alpha value is -1.89. The number of amides is 1. The number of aryl methyl sites for hydroxylation is 1.